The summed E-state index contributed by atoms with van der Waals surface area (Å²) in [5.74, 6) is -1.19. The smallest absolute Gasteiger partial charge is 0.418 e. The van der Waals surface area contributed by atoms with E-state index in [0.717, 1.165) is 6.07 Å². The van der Waals surface area contributed by atoms with Gasteiger partial charge in [0.2, 0.25) is 0 Å². The topological polar surface area (TPSA) is 68.3 Å². The normalized spacial score (nSPS) is 12.0. The molecule has 3 rings (SSSR count). The third kappa shape index (κ3) is 2.12. The summed E-state index contributed by atoms with van der Waals surface area (Å²) in [6.45, 7) is 0. The molecule has 2 aromatic heterocycles. The molecule has 0 amide bonds. The molecule has 0 spiro atoms. The SMILES string of the molecule is Cn1c(-c2cc(C(=O)O)no2)cc2cccc(C(F)(F)F)c21. The van der Waals surface area contributed by atoms with Crippen molar-refractivity contribution in [2.24, 2.45) is 7.05 Å². The molecular weight excluding hydrogens is 301 g/mol. The number of carboxylic acids is 1. The van der Waals surface area contributed by atoms with Crippen molar-refractivity contribution in [3.05, 3.63) is 41.6 Å². The summed E-state index contributed by atoms with van der Waals surface area (Å²) in [4.78, 5) is 10.8. The second-order valence-electron chi connectivity index (χ2n) is 4.71. The zero-order chi connectivity index (χ0) is 16.1. The number of nitrogens with zero attached hydrogens (tertiary/aromatic N) is 2. The number of carbonyl (C=O) groups is 1. The molecule has 22 heavy (non-hydrogen) atoms. The number of hydrogen-bond acceptors (Lipinski definition) is 3. The molecule has 0 bridgehead atoms. The Balaban J connectivity index is 2.24. The lowest BCUT2D eigenvalue weighted by atomic mass is 10.1. The molecule has 0 unspecified atom stereocenters. The molecule has 0 aliphatic heterocycles. The third-order valence-electron chi connectivity index (χ3n) is 3.34. The van der Waals surface area contributed by atoms with Crippen LogP contribution >= 0.6 is 0 Å². The molecule has 1 N–H and O–H groups in total. The average molecular weight is 310 g/mol. The maximum Gasteiger partial charge on any atom is 0.418 e. The number of aryl methyl sites for hydroxylation is 1. The van der Waals surface area contributed by atoms with Gasteiger partial charge in [-0.15, -0.1) is 0 Å². The fraction of sp³-hybridized carbons (Fsp3) is 0.143. The van der Waals surface area contributed by atoms with Gasteiger partial charge in [-0.3, -0.25) is 0 Å². The molecular formula is C14H9F3N2O3. The number of halogens is 3. The first-order chi connectivity index (χ1) is 10.3. The van der Waals surface area contributed by atoms with Crippen LogP contribution in [0.15, 0.2) is 34.9 Å². The highest BCUT2D eigenvalue weighted by molar-refractivity contribution is 5.90. The summed E-state index contributed by atoms with van der Waals surface area (Å²) in [5.41, 5.74) is -0.766. The molecule has 114 valence electrons. The van der Waals surface area contributed by atoms with E-state index in [2.05, 4.69) is 5.16 Å². The highest BCUT2D eigenvalue weighted by atomic mass is 19.4. The number of hydrogen-bond donors (Lipinski definition) is 1. The number of aromatic carboxylic acids is 1. The van der Waals surface area contributed by atoms with Gasteiger partial charge in [-0.25, -0.2) is 4.79 Å². The summed E-state index contributed by atoms with van der Waals surface area (Å²) >= 11 is 0. The van der Waals surface area contributed by atoms with Gasteiger partial charge >= 0.3 is 12.1 Å². The standard InChI is InChI=1S/C14H9F3N2O3/c1-19-10(11-6-9(13(20)21)18-22-11)5-7-3-2-4-8(12(7)19)14(15,16)17/h2-6H,1H3,(H,20,21). The van der Waals surface area contributed by atoms with Crippen molar-refractivity contribution < 1.29 is 27.6 Å². The Bertz CT molecular complexity index is 877. The van der Waals surface area contributed by atoms with Gasteiger partial charge in [-0.05, 0) is 12.1 Å². The zero-order valence-corrected chi connectivity index (χ0v) is 11.2. The fourth-order valence-electron chi connectivity index (χ4n) is 2.38. The minimum absolute atomic E-state index is 0.00160. The first kappa shape index (κ1) is 14.2. The van der Waals surface area contributed by atoms with E-state index < -0.39 is 17.7 Å². The highest BCUT2D eigenvalue weighted by Gasteiger charge is 2.34. The van der Waals surface area contributed by atoms with E-state index >= 15 is 0 Å². The van der Waals surface area contributed by atoms with E-state index in [4.69, 9.17) is 9.63 Å². The number of aromatic nitrogens is 2. The van der Waals surface area contributed by atoms with Gasteiger partial charge in [0.15, 0.2) is 11.5 Å². The van der Waals surface area contributed by atoms with Crippen LogP contribution in [0.4, 0.5) is 13.2 Å². The van der Waals surface area contributed by atoms with Crippen LogP contribution in [0.25, 0.3) is 22.4 Å². The Morgan fingerprint density at radius 3 is 2.64 bits per heavy atom. The number of fused-ring (bicyclic) bond motifs is 1. The van der Waals surface area contributed by atoms with Crippen LogP contribution in [0.3, 0.4) is 0 Å². The second kappa shape index (κ2) is 4.62. The Kier molecular flexibility index (Phi) is 2.98. The lowest BCUT2D eigenvalue weighted by Gasteiger charge is -2.10. The minimum Gasteiger partial charge on any atom is -0.476 e. The van der Waals surface area contributed by atoms with E-state index in [9.17, 15) is 18.0 Å². The number of alkyl halides is 3. The molecule has 0 fully saturated rings. The summed E-state index contributed by atoms with van der Waals surface area (Å²) in [6.07, 6.45) is -4.49. The maximum atomic E-state index is 13.1. The molecule has 1 aromatic carbocycles. The van der Waals surface area contributed by atoms with Gasteiger partial charge in [0, 0.05) is 18.5 Å². The summed E-state index contributed by atoms with van der Waals surface area (Å²) in [5, 5.41) is 12.6. The van der Waals surface area contributed by atoms with Crippen LogP contribution in [0.1, 0.15) is 16.1 Å². The second-order valence-corrected chi connectivity index (χ2v) is 4.71. The molecule has 5 nitrogen and oxygen atoms in total. The van der Waals surface area contributed by atoms with Crippen LogP contribution in [-0.2, 0) is 13.2 Å². The lowest BCUT2D eigenvalue weighted by Crippen LogP contribution is -2.07. The number of para-hydroxylation sites is 1. The van der Waals surface area contributed by atoms with Crippen molar-refractivity contribution in [1.29, 1.82) is 0 Å². The molecule has 0 aliphatic carbocycles. The van der Waals surface area contributed by atoms with Crippen LogP contribution in [0, 0.1) is 0 Å². The first-order valence-electron chi connectivity index (χ1n) is 6.15. The molecule has 8 heteroatoms. The third-order valence-corrected chi connectivity index (χ3v) is 3.34. The van der Waals surface area contributed by atoms with Gasteiger partial charge in [-0.2, -0.15) is 13.2 Å². The van der Waals surface area contributed by atoms with Gasteiger partial charge in [-0.1, -0.05) is 17.3 Å². The molecule has 0 saturated carbocycles. The first-order valence-corrected chi connectivity index (χ1v) is 6.15. The van der Waals surface area contributed by atoms with E-state index in [1.807, 2.05) is 0 Å². The highest BCUT2D eigenvalue weighted by Crippen LogP contribution is 2.37. The zero-order valence-electron chi connectivity index (χ0n) is 11.2. The Labute approximate surface area is 121 Å². The Morgan fingerprint density at radius 2 is 2.05 bits per heavy atom. The van der Waals surface area contributed by atoms with E-state index in [0.29, 0.717) is 11.1 Å². The predicted octanol–water partition coefficient (Wildman–Crippen LogP) is 3.55. The Morgan fingerprint density at radius 1 is 1.32 bits per heavy atom. The van der Waals surface area contributed by atoms with E-state index in [1.165, 1.54) is 29.8 Å². The predicted molar refractivity (Wildman–Crippen MR) is 70.4 cm³/mol. The Hall–Kier alpha value is -2.77. The van der Waals surface area contributed by atoms with Gasteiger partial charge in [0.1, 0.15) is 0 Å². The van der Waals surface area contributed by atoms with Crippen molar-refractivity contribution in [3.8, 4) is 11.5 Å². The summed E-state index contributed by atoms with van der Waals surface area (Å²) < 4.78 is 45.5. The number of carboxylic acid groups (broad SMARTS) is 1. The quantitative estimate of drug-likeness (QED) is 0.786. The van der Waals surface area contributed by atoms with Crippen molar-refractivity contribution in [2.45, 2.75) is 6.18 Å². The van der Waals surface area contributed by atoms with Crippen molar-refractivity contribution in [1.82, 2.24) is 9.72 Å². The number of rotatable bonds is 2. The molecule has 0 saturated heterocycles. The van der Waals surface area contributed by atoms with Crippen molar-refractivity contribution in [2.75, 3.05) is 0 Å². The van der Waals surface area contributed by atoms with Crippen molar-refractivity contribution >= 4 is 16.9 Å². The van der Waals surface area contributed by atoms with Crippen LogP contribution in [-0.4, -0.2) is 20.8 Å². The van der Waals surface area contributed by atoms with Gasteiger partial charge < -0.3 is 14.2 Å². The minimum atomic E-state index is -4.49. The van der Waals surface area contributed by atoms with Crippen LogP contribution in [0.5, 0.6) is 0 Å². The van der Waals surface area contributed by atoms with E-state index in [-0.39, 0.29) is 17.0 Å². The molecule has 0 aliphatic rings. The van der Waals surface area contributed by atoms with E-state index in [1.54, 1.807) is 6.07 Å². The molecule has 0 radical (unpaired) electrons. The van der Waals surface area contributed by atoms with Crippen LogP contribution < -0.4 is 0 Å². The maximum absolute atomic E-state index is 13.1. The monoisotopic (exact) mass is 310 g/mol. The largest absolute Gasteiger partial charge is 0.476 e. The molecule has 0 atom stereocenters. The summed E-state index contributed by atoms with van der Waals surface area (Å²) in [7, 11) is 1.45. The summed E-state index contributed by atoms with van der Waals surface area (Å²) in [6, 6.07) is 6.52. The average Bonchev–Trinajstić information content (AvgIpc) is 3.03. The van der Waals surface area contributed by atoms with Crippen molar-refractivity contribution in [3.63, 3.8) is 0 Å². The van der Waals surface area contributed by atoms with Crippen LogP contribution in [0.2, 0.25) is 0 Å². The number of benzene rings is 1. The molecule has 2 heterocycles. The molecule has 3 aromatic rings. The fourth-order valence-corrected chi connectivity index (χ4v) is 2.38. The van der Waals surface area contributed by atoms with Gasteiger partial charge in [0.05, 0.1) is 16.8 Å². The lowest BCUT2D eigenvalue weighted by molar-refractivity contribution is -0.136. The van der Waals surface area contributed by atoms with Gasteiger partial charge in [0.25, 0.3) is 0 Å².